The van der Waals surface area contributed by atoms with Gasteiger partial charge in [-0.25, -0.2) is 0 Å². The van der Waals surface area contributed by atoms with Crippen molar-refractivity contribution in [2.75, 3.05) is 11.9 Å². The largest absolute Gasteiger partial charge is 0.467 e. The van der Waals surface area contributed by atoms with Crippen LogP contribution in [0.15, 0.2) is 48.5 Å². The molecule has 29 heavy (non-hydrogen) atoms. The fourth-order valence-electron chi connectivity index (χ4n) is 2.61. The van der Waals surface area contributed by atoms with E-state index >= 15 is 0 Å². The zero-order valence-electron chi connectivity index (χ0n) is 15.5. The number of nitrogens with one attached hydrogen (secondary N) is 1. The first-order valence-electron chi connectivity index (χ1n) is 8.58. The van der Waals surface area contributed by atoms with Crippen LogP contribution in [0.4, 0.5) is 18.9 Å². The summed E-state index contributed by atoms with van der Waals surface area (Å²) in [4.78, 5) is 12.3. The quantitative estimate of drug-likeness (QED) is 0.615. The second kappa shape index (κ2) is 8.16. The highest BCUT2D eigenvalue weighted by molar-refractivity contribution is 6.32. The minimum atomic E-state index is -4.68. The van der Waals surface area contributed by atoms with E-state index in [9.17, 15) is 18.0 Å². The molecule has 152 valence electrons. The molecule has 1 N–H and O–H groups in total. The third-order valence-electron chi connectivity index (χ3n) is 4.28. The maximum atomic E-state index is 13.1. The Morgan fingerprint density at radius 1 is 1.17 bits per heavy atom. The van der Waals surface area contributed by atoms with Gasteiger partial charge < -0.3 is 10.1 Å². The highest BCUT2D eigenvalue weighted by Crippen LogP contribution is 2.33. The molecule has 0 aliphatic heterocycles. The third kappa shape index (κ3) is 4.71. The van der Waals surface area contributed by atoms with Crippen molar-refractivity contribution in [3.63, 3.8) is 0 Å². The minimum absolute atomic E-state index is 0.189. The van der Waals surface area contributed by atoms with Crippen LogP contribution >= 0.6 is 11.6 Å². The van der Waals surface area contributed by atoms with Gasteiger partial charge in [0.1, 0.15) is 0 Å². The normalized spacial score (nSPS) is 11.4. The van der Waals surface area contributed by atoms with E-state index in [1.165, 1.54) is 12.1 Å². The zero-order valence-corrected chi connectivity index (χ0v) is 16.3. The van der Waals surface area contributed by atoms with E-state index in [1.54, 1.807) is 24.3 Å². The average Bonchev–Trinajstić information content (AvgIpc) is 3.09. The number of para-hydroxylation sites is 1. The summed E-state index contributed by atoms with van der Waals surface area (Å²) in [6.07, 6.45) is -4.68. The van der Waals surface area contributed by atoms with Crippen LogP contribution in [-0.4, -0.2) is 22.3 Å². The average molecular weight is 424 g/mol. The Hall–Kier alpha value is -3.00. The Bertz CT molecular complexity index is 1050. The van der Waals surface area contributed by atoms with E-state index in [2.05, 4.69) is 10.4 Å². The fourth-order valence-corrected chi connectivity index (χ4v) is 2.83. The van der Waals surface area contributed by atoms with Gasteiger partial charge in [-0.1, -0.05) is 35.9 Å². The molecule has 0 bridgehead atoms. The predicted octanol–water partition coefficient (Wildman–Crippen LogP) is 5.18. The van der Waals surface area contributed by atoms with Crippen molar-refractivity contribution in [3.8, 4) is 11.6 Å². The maximum Gasteiger partial charge on any atom is 0.435 e. The van der Waals surface area contributed by atoms with Crippen LogP contribution in [0, 0.1) is 13.8 Å². The van der Waals surface area contributed by atoms with Gasteiger partial charge in [0.05, 0.1) is 10.7 Å². The smallest absolute Gasteiger partial charge is 0.435 e. The molecule has 9 heteroatoms. The number of aromatic nitrogens is 2. The number of aryl methyl sites for hydroxylation is 1. The zero-order chi connectivity index (χ0) is 21.2. The Morgan fingerprint density at radius 2 is 1.90 bits per heavy atom. The summed E-state index contributed by atoms with van der Waals surface area (Å²) in [5.74, 6) is -0.763. The van der Waals surface area contributed by atoms with Crippen molar-refractivity contribution in [2.45, 2.75) is 20.0 Å². The number of alkyl halides is 3. The van der Waals surface area contributed by atoms with Gasteiger partial charge in [-0.3, -0.25) is 4.79 Å². The molecule has 2 aromatic carbocycles. The van der Waals surface area contributed by atoms with Gasteiger partial charge in [-0.2, -0.15) is 23.0 Å². The topological polar surface area (TPSA) is 56.1 Å². The first kappa shape index (κ1) is 20.7. The maximum absolute atomic E-state index is 13.1. The second-order valence-corrected chi connectivity index (χ2v) is 6.72. The third-order valence-corrected chi connectivity index (χ3v) is 4.60. The molecule has 0 fully saturated rings. The Labute approximate surface area is 170 Å². The number of anilines is 1. The molecule has 0 aliphatic carbocycles. The lowest BCUT2D eigenvalue weighted by molar-refractivity contribution is -0.141. The van der Waals surface area contributed by atoms with Crippen molar-refractivity contribution in [1.82, 2.24) is 9.78 Å². The first-order valence-corrected chi connectivity index (χ1v) is 8.95. The molecule has 0 radical (unpaired) electrons. The van der Waals surface area contributed by atoms with Crippen molar-refractivity contribution < 1.29 is 22.7 Å². The van der Waals surface area contributed by atoms with Crippen LogP contribution in [0.5, 0.6) is 5.88 Å². The summed E-state index contributed by atoms with van der Waals surface area (Å²) in [5, 5.41) is 6.43. The lowest BCUT2D eigenvalue weighted by Crippen LogP contribution is -2.21. The molecule has 0 aliphatic rings. The summed E-state index contributed by atoms with van der Waals surface area (Å²) in [6.45, 7) is 3.26. The molecule has 3 rings (SSSR count). The lowest BCUT2D eigenvalue weighted by Gasteiger charge is -2.12. The second-order valence-electron chi connectivity index (χ2n) is 6.31. The standard InChI is InChI=1S/C20H17ClF3N3O2/c1-12-6-5-8-15(13(12)2)25-18(28)11-29-19-10-17(20(22,23)24)26-27(19)16-9-4-3-7-14(16)21/h3-10H,11H2,1-2H3,(H,25,28). The minimum Gasteiger partial charge on any atom is -0.467 e. The highest BCUT2D eigenvalue weighted by atomic mass is 35.5. The van der Waals surface area contributed by atoms with Crippen molar-refractivity contribution in [1.29, 1.82) is 0 Å². The number of hydrogen-bond acceptors (Lipinski definition) is 3. The molecule has 0 saturated heterocycles. The molecular formula is C20H17ClF3N3O2. The van der Waals surface area contributed by atoms with E-state index in [0.29, 0.717) is 5.69 Å². The van der Waals surface area contributed by atoms with Crippen molar-refractivity contribution >= 4 is 23.2 Å². The summed E-state index contributed by atoms with van der Waals surface area (Å²) in [6, 6.07) is 12.4. The van der Waals surface area contributed by atoms with E-state index in [0.717, 1.165) is 21.9 Å². The van der Waals surface area contributed by atoms with Crippen molar-refractivity contribution in [3.05, 3.63) is 70.4 Å². The van der Waals surface area contributed by atoms with Crippen molar-refractivity contribution in [2.24, 2.45) is 0 Å². The summed E-state index contributed by atoms with van der Waals surface area (Å²) in [7, 11) is 0. The SMILES string of the molecule is Cc1cccc(NC(=O)COc2cc(C(F)(F)F)nn2-c2ccccc2Cl)c1C. The van der Waals surface area contributed by atoms with Gasteiger partial charge in [-0.05, 0) is 43.2 Å². The van der Waals surface area contributed by atoms with Crippen LogP contribution in [-0.2, 0) is 11.0 Å². The van der Waals surface area contributed by atoms with Crippen LogP contribution in [0.3, 0.4) is 0 Å². The molecule has 0 spiro atoms. The summed E-state index contributed by atoms with van der Waals surface area (Å²) < 4.78 is 45.7. The van der Waals surface area contributed by atoms with Crippen LogP contribution in [0.1, 0.15) is 16.8 Å². The molecule has 0 unspecified atom stereocenters. The number of amides is 1. The van der Waals surface area contributed by atoms with Gasteiger partial charge in [0.25, 0.3) is 5.91 Å². The highest BCUT2D eigenvalue weighted by Gasteiger charge is 2.36. The number of carbonyl (C=O) groups is 1. The summed E-state index contributed by atoms with van der Waals surface area (Å²) >= 11 is 6.08. The Balaban J connectivity index is 1.83. The number of halogens is 4. The first-order chi connectivity index (χ1) is 13.7. The predicted molar refractivity (Wildman–Crippen MR) is 104 cm³/mol. The van der Waals surface area contributed by atoms with Crippen LogP contribution in [0.25, 0.3) is 5.69 Å². The fraction of sp³-hybridized carbons (Fsp3) is 0.200. The van der Waals surface area contributed by atoms with E-state index in [4.69, 9.17) is 16.3 Å². The van der Waals surface area contributed by atoms with Gasteiger partial charge in [0.2, 0.25) is 5.88 Å². The molecule has 1 heterocycles. The molecule has 1 amide bonds. The molecular weight excluding hydrogens is 407 g/mol. The van der Waals surface area contributed by atoms with Gasteiger partial charge >= 0.3 is 6.18 Å². The van der Waals surface area contributed by atoms with Gasteiger partial charge in [-0.15, -0.1) is 0 Å². The van der Waals surface area contributed by atoms with E-state index < -0.39 is 24.4 Å². The van der Waals surface area contributed by atoms with E-state index in [-0.39, 0.29) is 16.6 Å². The molecule has 0 saturated carbocycles. The van der Waals surface area contributed by atoms with Crippen LogP contribution in [0.2, 0.25) is 5.02 Å². The summed E-state index contributed by atoms with van der Waals surface area (Å²) in [5.41, 5.74) is 1.54. The number of rotatable bonds is 5. The molecule has 1 aromatic heterocycles. The Morgan fingerprint density at radius 3 is 2.59 bits per heavy atom. The number of hydrogen-bond donors (Lipinski definition) is 1. The van der Waals surface area contributed by atoms with Crippen LogP contribution < -0.4 is 10.1 Å². The van der Waals surface area contributed by atoms with E-state index in [1.807, 2.05) is 19.9 Å². The number of nitrogens with zero attached hydrogens (tertiary/aromatic N) is 2. The molecule has 5 nitrogen and oxygen atoms in total. The monoisotopic (exact) mass is 423 g/mol. The number of carbonyl (C=O) groups excluding carboxylic acids is 1. The Kier molecular flexibility index (Phi) is 5.83. The lowest BCUT2D eigenvalue weighted by atomic mass is 10.1. The number of benzene rings is 2. The van der Waals surface area contributed by atoms with Gasteiger partial charge in [0.15, 0.2) is 12.3 Å². The van der Waals surface area contributed by atoms with Gasteiger partial charge in [0, 0.05) is 11.8 Å². The molecule has 0 atom stereocenters. The number of ether oxygens (including phenoxy) is 1. The molecule has 3 aromatic rings.